The molecule has 1 aromatic rings. The maximum atomic E-state index is 13.3. The second-order valence-electron chi connectivity index (χ2n) is 4.88. The number of rotatable bonds is 5. The van der Waals surface area contributed by atoms with Gasteiger partial charge >= 0.3 is 0 Å². The van der Waals surface area contributed by atoms with Gasteiger partial charge in [0.15, 0.2) is 0 Å². The summed E-state index contributed by atoms with van der Waals surface area (Å²) in [6, 6.07) is 4.84. The second-order valence-corrected chi connectivity index (χ2v) is 5.29. The molecule has 0 heterocycles. The monoisotopic (exact) mass is 294 g/mol. The molecule has 0 amide bonds. The molecule has 18 heavy (non-hydrogen) atoms. The second kappa shape index (κ2) is 7.29. The Morgan fingerprint density at radius 1 is 1.44 bits per heavy atom. The Morgan fingerprint density at radius 2 is 2.06 bits per heavy atom. The van der Waals surface area contributed by atoms with Crippen molar-refractivity contribution in [1.82, 2.24) is 5.32 Å². The lowest BCUT2D eigenvalue weighted by atomic mass is 9.88. The third-order valence-corrected chi connectivity index (χ3v) is 3.69. The Bertz CT molecular complexity index is 385. The van der Waals surface area contributed by atoms with Gasteiger partial charge in [0, 0.05) is 18.6 Å². The van der Waals surface area contributed by atoms with Crippen molar-refractivity contribution < 1.29 is 4.39 Å². The smallest absolute Gasteiger partial charge is 0.142 e. The minimum atomic E-state index is -0.384. The molecule has 0 spiro atoms. The summed E-state index contributed by atoms with van der Waals surface area (Å²) in [6.07, 6.45) is 0. The molecule has 0 bridgehead atoms. The molecule has 0 aliphatic carbocycles. The van der Waals surface area contributed by atoms with Crippen LogP contribution in [0.15, 0.2) is 18.2 Å². The van der Waals surface area contributed by atoms with Crippen molar-refractivity contribution in [2.75, 3.05) is 6.54 Å². The summed E-state index contributed by atoms with van der Waals surface area (Å²) in [5, 5.41) is 3.53. The number of benzene rings is 1. The average Bonchev–Trinajstić information content (AvgIpc) is 2.30. The fraction of sp³-hybridized carbons (Fsp3) is 0.538. The van der Waals surface area contributed by atoms with Crippen molar-refractivity contribution in [3.05, 3.63) is 34.6 Å². The third-order valence-electron chi connectivity index (χ3n) is 3.38. The predicted octanol–water partition coefficient (Wildman–Crippen LogP) is 3.36. The van der Waals surface area contributed by atoms with Gasteiger partial charge in [-0.15, -0.1) is 12.4 Å². The number of halogens is 3. The first-order valence-corrected chi connectivity index (χ1v) is 6.16. The zero-order valence-electron chi connectivity index (χ0n) is 11.0. The SMILES string of the molecule is CC(C)C(C)(CN)NCc1ccc(Cl)c(F)c1.Cl. The Hall–Kier alpha value is -0.350. The van der Waals surface area contributed by atoms with Gasteiger partial charge in [0.2, 0.25) is 0 Å². The molecule has 0 saturated heterocycles. The molecular weight excluding hydrogens is 274 g/mol. The van der Waals surface area contributed by atoms with Crippen molar-refractivity contribution in [2.45, 2.75) is 32.9 Å². The van der Waals surface area contributed by atoms with Crippen molar-refractivity contribution in [1.29, 1.82) is 0 Å². The number of nitrogens with one attached hydrogen (secondary N) is 1. The summed E-state index contributed by atoms with van der Waals surface area (Å²) in [6.45, 7) is 7.43. The molecule has 0 aliphatic rings. The van der Waals surface area contributed by atoms with Crippen LogP contribution >= 0.6 is 24.0 Å². The molecular formula is C13H21Cl2FN2. The fourth-order valence-electron chi connectivity index (χ4n) is 1.47. The highest BCUT2D eigenvalue weighted by Crippen LogP contribution is 2.18. The van der Waals surface area contributed by atoms with E-state index in [0.717, 1.165) is 5.56 Å². The van der Waals surface area contributed by atoms with Crippen LogP contribution < -0.4 is 11.1 Å². The lowest BCUT2D eigenvalue weighted by Gasteiger charge is -2.33. The van der Waals surface area contributed by atoms with Crippen LogP contribution in [0.25, 0.3) is 0 Å². The van der Waals surface area contributed by atoms with E-state index in [-0.39, 0.29) is 28.8 Å². The predicted molar refractivity (Wildman–Crippen MR) is 77.8 cm³/mol. The first-order valence-electron chi connectivity index (χ1n) is 5.78. The zero-order chi connectivity index (χ0) is 13.1. The first kappa shape index (κ1) is 17.6. The Morgan fingerprint density at radius 3 is 2.50 bits per heavy atom. The molecule has 1 rings (SSSR count). The van der Waals surface area contributed by atoms with E-state index in [1.807, 2.05) is 6.07 Å². The summed E-state index contributed by atoms with van der Waals surface area (Å²) in [7, 11) is 0. The third kappa shape index (κ3) is 4.39. The maximum Gasteiger partial charge on any atom is 0.142 e. The van der Waals surface area contributed by atoms with Gasteiger partial charge in [0.1, 0.15) is 5.82 Å². The lowest BCUT2D eigenvalue weighted by Crippen LogP contribution is -2.52. The van der Waals surface area contributed by atoms with Crippen LogP contribution in [0.1, 0.15) is 26.3 Å². The fourth-order valence-corrected chi connectivity index (χ4v) is 1.58. The van der Waals surface area contributed by atoms with Gasteiger partial charge in [-0.2, -0.15) is 0 Å². The van der Waals surface area contributed by atoms with Crippen molar-refractivity contribution in [3.63, 3.8) is 0 Å². The van der Waals surface area contributed by atoms with E-state index in [2.05, 4.69) is 26.1 Å². The maximum absolute atomic E-state index is 13.3. The minimum absolute atomic E-state index is 0. The minimum Gasteiger partial charge on any atom is -0.329 e. The molecule has 1 atom stereocenters. The van der Waals surface area contributed by atoms with Crippen molar-refractivity contribution in [2.24, 2.45) is 11.7 Å². The molecule has 1 unspecified atom stereocenters. The molecule has 0 aliphatic heterocycles. The number of hydrogen-bond acceptors (Lipinski definition) is 2. The van der Waals surface area contributed by atoms with Crippen LogP contribution in [-0.2, 0) is 6.54 Å². The molecule has 0 fully saturated rings. The van der Waals surface area contributed by atoms with Gasteiger partial charge in [0.25, 0.3) is 0 Å². The van der Waals surface area contributed by atoms with Crippen LogP contribution in [0.4, 0.5) is 4.39 Å². The highest BCUT2D eigenvalue weighted by Gasteiger charge is 2.25. The number of hydrogen-bond donors (Lipinski definition) is 2. The quantitative estimate of drug-likeness (QED) is 0.874. The highest BCUT2D eigenvalue weighted by atomic mass is 35.5. The Kier molecular flexibility index (Phi) is 7.15. The van der Waals surface area contributed by atoms with Gasteiger partial charge in [0.05, 0.1) is 5.02 Å². The van der Waals surface area contributed by atoms with E-state index in [4.69, 9.17) is 17.3 Å². The van der Waals surface area contributed by atoms with E-state index >= 15 is 0 Å². The lowest BCUT2D eigenvalue weighted by molar-refractivity contribution is 0.267. The largest absolute Gasteiger partial charge is 0.329 e. The Labute approximate surface area is 119 Å². The van der Waals surface area contributed by atoms with Gasteiger partial charge in [-0.05, 0) is 30.5 Å². The van der Waals surface area contributed by atoms with Gasteiger partial charge < -0.3 is 11.1 Å². The van der Waals surface area contributed by atoms with Gasteiger partial charge in [-0.3, -0.25) is 0 Å². The molecule has 1 aromatic carbocycles. The van der Waals surface area contributed by atoms with E-state index in [1.165, 1.54) is 6.07 Å². The molecule has 104 valence electrons. The van der Waals surface area contributed by atoms with Crippen LogP contribution in [0.2, 0.25) is 5.02 Å². The standard InChI is InChI=1S/C13H20ClFN2.ClH/c1-9(2)13(3,8-16)17-7-10-4-5-11(14)12(15)6-10;/h4-6,9,17H,7-8,16H2,1-3H3;1H. The normalized spacial score (nSPS) is 14.2. The summed E-state index contributed by atoms with van der Waals surface area (Å²) < 4.78 is 13.3. The van der Waals surface area contributed by atoms with E-state index in [1.54, 1.807) is 6.07 Å². The van der Waals surface area contributed by atoms with E-state index in [0.29, 0.717) is 19.0 Å². The Balaban J connectivity index is 0.00000289. The van der Waals surface area contributed by atoms with Gasteiger partial charge in [-0.25, -0.2) is 4.39 Å². The average molecular weight is 295 g/mol. The molecule has 0 saturated carbocycles. The van der Waals surface area contributed by atoms with E-state index in [9.17, 15) is 4.39 Å². The molecule has 0 aromatic heterocycles. The summed E-state index contributed by atoms with van der Waals surface area (Å²) in [4.78, 5) is 0. The molecule has 2 nitrogen and oxygen atoms in total. The van der Waals surface area contributed by atoms with Crippen molar-refractivity contribution in [3.8, 4) is 0 Å². The zero-order valence-corrected chi connectivity index (χ0v) is 12.5. The summed E-state index contributed by atoms with van der Waals surface area (Å²) >= 11 is 5.63. The summed E-state index contributed by atoms with van der Waals surface area (Å²) in [5.74, 6) is 0.0228. The summed E-state index contributed by atoms with van der Waals surface area (Å²) in [5.41, 5.74) is 6.49. The highest BCUT2D eigenvalue weighted by molar-refractivity contribution is 6.30. The van der Waals surface area contributed by atoms with Crippen molar-refractivity contribution >= 4 is 24.0 Å². The van der Waals surface area contributed by atoms with Crippen LogP contribution in [-0.4, -0.2) is 12.1 Å². The topological polar surface area (TPSA) is 38.0 Å². The molecule has 0 radical (unpaired) electrons. The molecule has 3 N–H and O–H groups in total. The van der Waals surface area contributed by atoms with Crippen LogP contribution in [0.3, 0.4) is 0 Å². The van der Waals surface area contributed by atoms with Crippen LogP contribution in [0, 0.1) is 11.7 Å². The first-order chi connectivity index (χ1) is 7.89. The molecule has 5 heteroatoms. The van der Waals surface area contributed by atoms with E-state index < -0.39 is 0 Å². The van der Waals surface area contributed by atoms with Crippen LogP contribution in [0.5, 0.6) is 0 Å². The number of nitrogens with two attached hydrogens (primary N) is 1. The van der Waals surface area contributed by atoms with Gasteiger partial charge in [-0.1, -0.05) is 31.5 Å².